The average molecular weight is 607 g/mol. The van der Waals surface area contributed by atoms with Crippen molar-refractivity contribution in [2.45, 2.75) is 12.3 Å². The summed E-state index contributed by atoms with van der Waals surface area (Å²) in [5.41, 5.74) is 3.81. The number of hydrogen-bond donors (Lipinski definition) is 4. The molecule has 7 nitrogen and oxygen atoms in total. The van der Waals surface area contributed by atoms with Crippen molar-refractivity contribution < 1.29 is 34.1 Å². The number of phenolic OH excluding ortho intramolecular Hbond substituents is 2. The quantitative estimate of drug-likeness (QED) is 0.0971. The third-order valence-corrected chi connectivity index (χ3v) is 7.72. The van der Waals surface area contributed by atoms with Gasteiger partial charge in [-0.1, -0.05) is 48.5 Å². The van der Waals surface area contributed by atoms with Crippen molar-refractivity contribution in [3.63, 3.8) is 0 Å². The van der Waals surface area contributed by atoms with Crippen LogP contribution in [0.3, 0.4) is 0 Å². The molecule has 208 valence electrons. The summed E-state index contributed by atoms with van der Waals surface area (Å²) < 4.78 is 17.4. The Morgan fingerprint density at radius 3 is 1.67 bits per heavy atom. The summed E-state index contributed by atoms with van der Waals surface area (Å²) in [6.45, 7) is 0. The van der Waals surface area contributed by atoms with Crippen molar-refractivity contribution in [1.29, 1.82) is 0 Å². The summed E-state index contributed by atoms with van der Waals surface area (Å²) in [7, 11) is -4.37. The van der Waals surface area contributed by atoms with Crippen LogP contribution < -0.4 is 10.0 Å². The molecule has 0 aliphatic carbocycles. The van der Waals surface area contributed by atoms with E-state index in [0.717, 1.165) is 16.7 Å². The SMILES string of the molecule is O=C(c1ccc(Oc2cccc(CC(c3ccc(O)cc3)c3ccc(O)cc3)c2)cc1)c1ccc(P(=O)(O)O)cc1.[KH]. The summed E-state index contributed by atoms with van der Waals surface area (Å²) in [5, 5.41) is 19.4. The predicted molar refractivity (Wildman–Crippen MR) is 163 cm³/mol. The molecule has 0 atom stereocenters. The molecule has 0 amide bonds. The van der Waals surface area contributed by atoms with Gasteiger partial charge in [-0.3, -0.25) is 9.36 Å². The van der Waals surface area contributed by atoms with Crippen LogP contribution in [0.2, 0.25) is 0 Å². The van der Waals surface area contributed by atoms with Gasteiger partial charge in [0.1, 0.15) is 23.0 Å². The van der Waals surface area contributed by atoms with Crippen LogP contribution >= 0.6 is 7.60 Å². The molecule has 0 unspecified atom stereocenters. The minimum atomic E-state index is -4.37. The second-order valence-corrected chi connectivity index (χ2v) is 11.2. The number of hydrogen-bond acceptors (Lipinski definition) is 5. The maximum atomic E-state index is 12.8. The molecule has 0 radical (unpaired) electrons. The molecule has 0 bridgehead atoms. The summed E-state index contributed by atoms with van der Waals surface area (Å²) in [6.07, 6.45) is 0.654. The van der Waals surface area contributed by atoms with Crippen molar-refractivity contribution in [1.82, 2.24) is 0 Å². The molecule has 0 saturated carbocycles. The van der Waals surface area contributed by atoms with Crippen molar-refractivity contribution in [3.8, 4) is 23.0 Å². The number of carbonyl (C=O) groups excluding carboxylic acids is 1. The summed E-state index contributed by atoms with van der Waals surface area (Å²) in [5.74, 6) is 1.27. The van der Waals surface area contributed by atoms with Gasteiger partial charge in [0.15, 0.2) is 5.78 Å². The Kier molecular flexibility index (Phi) is 10.6. The van der Waals surface area contributed by atoms with Crippen molar-refractivity contribution >= 4 is 70.1 Å². The fraction of sp³-hybridized carbons (Fsp3) is 0.0606. The maximum absolute atomic E-state index is 12.8. The summed E-state index contributed by atoms with van der Waals surface area (Å²) in [4.78, 5) is 31.4. The number of aromatic hydroxyl groups is 2. The molecule has 4 N–H and O–H groups in total. The second-order valence-electron chi connectivity index (χ2n) is 9.63. The Balaban J connectivity index is 0.00000405. The first-order chi connectivity index (χ1) is 19.7. The Morgan fingerprint density at radius 1 is 0.667 bits per heavy atom. The second kappa shape index (κ2) is 14.0. The molecular weight excluding hydrogens is 578 g/mol. The fourth-order valence-electron chi connectivity index (χ4n) is 4.60. The van der Waals surface area contributed by atoms with Crippen LogP contribution in [0.15, 0.2) is 121 Å². The van der Waals surface area contributed by atoms with Crippen molar-refractivity contribution in [3.05, 3.63) is 149 Å². The van der Waals surface area contributed by atoms with E-state index in [1.165, 1.54) is 24.3 Å². The van der Waals surface area contributed by atoms with E-state index < -0.39 is 7.60 Å². The number of ketones is 1. The third-order valence-electron chi connectivity index (χ3n) is 6.75. The van der Waals surface area contributed by atoms with Crippen LogP contribution in [-0.2, 0) is 11.0 Å². The molecule has 9 heteroatoms. The van der Waals surface area contributed by atoms with E-state index in [-0.39, 0.29) is 79.9 Å². The molecular formula is C33H28KO7P. The molecule has 5 aromatic carbocycles. The first-order valence-electron chi connectivity index (χ1n) is 12.8. The van der Waals surface area contributed by atoms with Gasteiger partial charge in [0, 0.05) is 17.0 Å². The van der Waals surface area contributed by atoms with Gasteiger partial charge in [0.25, 0.3) is 0 Å². The van der Waals surface area contributed by atoms with E-state index in [2.05, 4.69) is 0 Å². The van der Waals surface area contributed by atoms with Crippen LogP contribution in [0.5, 0.6) is 23.0 Å². The molecule has 0 fully saturated rings. The molecule has 42 heavy (non-hydrogen) atoms. The number of rotatable bonds is 9. The molecule has 0 spiro atoms. The van der Waals surface area contributed by atoms with Crippen LogP contribution in [0.25, 0.3) is 0 Å². The van der Waals surface area contributed by atoms with Crippen LogP contribution in [0.4, 0.5) is 0 Å². The fourth-order valence-corrected chi connectivity index (χ4v) is 5.13. The van der Waals surface area contributed by atoms with E-state index in [9.17, 15) is 29.4 Å². The molecule has 0 heterocycles. The first-order valence-corrected chi connectivity index (χ1v) is 14.4. The molecule has 0 saturated heterocycles. The zero-order valence-electron chi connectivity index (χ0n) is 21.8. The number of carbonyl (C=O) groups is 1. The van der Waals surface area contributed by atoms with Gasteiger partial charge in [-0.2, -0.15) is 0 Å². The Bertz CT molecular complexity index is 1650. The Morgan fingerprint density at radius 2 is 1.17 bits per heavy atom. The molecule has 0 aliphatic heterocycles. The average Bonchev–Trinajstić information content (AvgIpc) is 2.97. The third kappa shape index (κ3) is 8.07. The Labute approximate surface area is 286 Å². The summed E-state index contributed by atoms with van der Waals surface area (Å²) in [6, 6.07) is 33.9. The number of ether oxygens (including phenoxy) is 1. The van der Waals surface area contributed by atoms with Gasteiger partial charge < -0.3 is 24.7 Å². The normalized spacial score (nSPS) is 11.1. The zero-order chi connectivity index (χ0) is 29.0. The monoisotopic (exact) mass is 606 g/mol. The molecule has 0 aromatic heterocycles. The predicted octanol–water partition coefficient (Wildman–Crippen LogP) is 5.65. The van der Waals surface area contributed by atoms with Crippen molar-refractivity contribution in [2.75, 3.05) is 0 Å². The van der Waals surface area contributed by atoms with Gasteiger partial charge >= 0.3 is 59.0 Å². The van der Waals surface area contributed by atoms with Gasteiger partial charge in [-0.25, -0.2) is 0 Å². The van der Waals surface area contributed by atoms with Gasteiger partial charge in [-0.15, -0.1) is 0 Å². The molecule has 5 rings (SSSR count). The van der Waals surface area contributed by atoms with Gasteiger partial charge in [0.05, 0.1) is 5.30 Å². The van der Waals surface area contributed by atoms with Crippen LogP contribution in [0.1, 0.15) is 38.5 Å². The number of phenols is 2. The molecule has 0 aliphatic rings. The van der Waals surface area contributed by atoms with Gasteiger partial charge in [0.2, 0.25) is 0 Å². The van der Waals surface area contributed by atoms with E-state index in [0.29, 0.717) is 29.0 Å². The van der Waals surface area contributed by atoms with E-state index >= 15 is 0 Å². The minimum absolute atomic E-state index is 0. The van der Waals surface area contributed by atoms with Crippen LogP contribution in [-0.4, -0.2) is 77.2 Å². The first kappa shape index (κ1) is 31.9. The van der Waals surface area contributed by atoms with Gasteiger partial charge in [-0.05, 0) is 95.9 Å². The topological polar surface area (TPSA) is 124 Å². The molecule has 5 aromatic rings. The van der Waals surface area contributed by atoms with Crippen LogP contribution in [0, 0.1) is 0 Å². The number of benzene rings is 5. The standard InChI is InChI=1S/C33H27O7P.K.H/c34-27-12-4-23(5-13-27)32(24-6-14-28(35)15-7-24)21-22-2-1-3-30(20-22)40-29-16-8-25(9-17-29)33(36)26-10-18-31(19-11-26)41(37,38)39;;/h1-20,32,34-35H,21H2,(H2,37,38,39);;. The van der Waals surface area contributed by atoms with E-state index in [1.807, 2.05) is 48.5 Å². The summed E-state index contributed by atoms with van der Waals surface area (Å²) >= 11 is 0. The Hall–Kier alpha value is -3.04. The van der Waals surface area contributed by atoms with Crippen molar-refractivity contribution in [2.24, 2.45) is 0 Å². The zero-order valence-corrected chi connectivity index (χ0v) is 22.7. The van der Waals surface area contributed by atoms with E-state index in [4.69, 9.17) is 4.74 Å². The van der Waals surface area contributed by atoms with E-state index in [1.54, 1.807) is 48.5 Å².